The lowest BCUT2D eigenvalue weighted by molar-refractivity contribution is -0.151. The van der Waals surface area contributed by atoms with Gasteiger partial charge in [0.25, 0.3) is 0 Å². The van der Waals surface area contributed by atoms with Gasteiger partial charge in [-0.3, -0.25) is 9.69 Å². The first-order chi connectivity index (χ1) is 9.10. The molecule has 0 spiro atoms. The van der Waals surface area contributed by atoms with Crippen LogP contribution in [0.2, 0.25) is 0 Å². The SMILES string of the molecule is CCOC(=O)C1C(N)C(=O)N1c1ccc(OC)cc1. The van der Waals surface area contributed by atoms with Gasteiger partial charge >= 0.3 is 5.97 Å². The second kappa shape index (κ2) is 5.27. The predicted molar refractivity (Wildman–Crippen MR) is 68.9 cm³/mol. The highest BCUT2D eigenvalue weighted by molar-refractivity contribution is 6.12. The highest BCUT2D eigenvalue weighted by Crippen LogP contribution is 2.29. The maximum absolute atomic E-state index is 11.8. The topological polar surface area (TPSA) is 81.9 Å². The van der Waals surface area contributed by atoms with Crippen molar-refractivity contribution in [1.82, 2.24) is 0 Å². The number of β-lactam (4-membered cyclic amide) rings is 1. The van der Waals surface area contributed by atoms with Gasteiger partial charge in [-0.1, -0.05) is 0 Å². The van der Waals surface area contributed by atoms with E-state index < -0.39 is 18.1 Å². The van der Waals surface area contributed by atoms with Crippen LogP contribution in [0.4, 0.5) is 5.69 Å². The minimum Gasteiger partial charge on any atom is -0.497 e. The van der Waals surface area contributed by atoms with Crippen LogP contribution in [0.25, 0.3) is 0 Å². The van der Waals surface area contributed by atoms with Crippen LogP contribution in [0.1, 0.15) is 6.92 Å². The van der Waals surface area contributed by atoms with Crippen LogP contribution in [0.5, 0.6) is 5.75 Å². The van der Waals surface area contributed by atoms with Crippen molar-refractivity contribution in [2.45, 2.75) is 19.0 Å². The van der Waals surface area contributed by atoms with Crippen molar-refractivity contribution in [3.05, 3.63) is 24.3 Å². The van der Waals surface area contributed by atoms with E-state index >= 15 is 0 Å². The van der Waals surface area contributed by atoms with Crippen LogP contribution in [0, 0.1) is 0 Å². The number of nitrogens with two attached hydrogens (primary N) is 1. The van der Waals surface area contributed by atoms with Gasteiger partial charge in [0.15, 0.2) is 6.04 Å². The number of benzene rings is 1. The Balaban J connectivity index is 2.21. The van der Waals surface area contributed by atoms with E-state index in [2.05, 4.69) is 0 Å². The van der Waals surface area contributed by atoms with Gasteiger partial charge < -0.3 is 15.2 Å². The summed E-state index contributed by atoms with van der Waals surface area (Å²) in [7, 11) is 1.56. The highest BCUT2D eigenvalue weighted by Gasteiger charge is 2.51. The quantitative estimate of drug-likeness (QED) is 0.625. The summed E-state index contributed by atoms with van der Waals surface area (Å²) in [5.41, 5.74) is 6.27. The minimum absolute atomic E-state index is 0.257. The van der Waals surface area contributed by atoms with E-state index in [4.69, 9.17) is 15.2 Å². The van der Waals surface area contributed by atoms with Crippen LogP contribution in [-0.4, -0.2) is 37.7 Å². The number of nitrogens with zero attached hydrogens (tertiary/aromatic N) is 1. The molecule has 1 fully saturated rings. The van der Waals surface area contributed by atoms with E-state index in [9.17, 15) is 9.59 Å². The molecule has 1 aliphatic rings. The Morgan fingerprint density at radius 3 is 2.53 bits per heavy atom. The zero-order valence-electron chi connectivity index (χ0n) is 10.8. The number of amides is 1. The molecule has 1 amide bonds. The summed E-state index contributed by atoms with van der Waals surface area (Å²) in [5, 5.41) is 0. The molecule has 0 saturated carbocycles. The zero-order chi connectivity index (χ0) is 14.0. The fourth-order valence-corrected chi connectivity index (χ4v) is 2.02. The van der Waals surface area contributed by atoms with Crippen molar-refractivity contribution in [2.75, 3.05) is 18.6 Å². The molecule has 1 aromatic rings. The van der Waals surface area contributed by atoms with Crippen molar-refractivity contribution >= 4 is 17.6 Å². The van der Waals surface area contributed by atoms with E-state index in [-0.39, 0.29) is 12.5 Å². The number of hydrogen-bond acceptors (Lipinski definition) is 5. The lowest BCUT2D eigenvalue weighted by atomic mass is 9.95. The molecule has 0 aliphatic carbocycles. The molecule has 2 N–H and O–H groups in total. The van der Waals surface area contributed by atoms with Gasteiger partial charge in [-0.25, -0.2) is 4.79 Å². The molecule has 6 nitrogen and oxygen atoms in total. The summed E-state index contributed by atoms with van der Waals surface area (Å²) >= 11 is 0. The number of hydrogen-bond donors (Lipinski definition) is 1. The third kappa shape index (κ3) is 2.26. The fourth-order valence-electron chi connectivity index (χ4n) is 2.02. The van der Waals surface area contributed by atoms with Crippen LogP contribution in [-0.2, 0) is 14.3 Å². The van der Waals surface area contributed by atoms with Gasteiger partial charge in [-0.05, 0) is 31.2 Å². The smallest absolute Gasteiger partial charge is 0.331 e. The Morgan fingerprint density at radius 1 is 1.37 bits per heavy atom. The lowest BCUT2D eigenvalue weighted by Crippen LogP contribution is -2.72. The van der Waals surface area contributed by atoms with Gasteiger partial charge in [0.2, 0.25) is 5.91 Å². The highest BCUT2D eigenvalue weighted by atomic mass is 16.5. The molecule has 1 aliphatic heterocycles. The standard InChI is InChI=1S/C13H16N2O4/c1-3-19-13(17)11-10(14)12(16)15(11)8-4-6-9(18-2)7-5-8/h4-7,10-11H,3,14H2,1-2H3. The number of methoxy groups -OCH3 is 1. The largest absolute Gasteiger partial charge is 0.497 e. The summed E-state index contributed by atoms with van der Waals surface area (Å²) in [6, 6.07) is 5.26. The number of anilines is 1. The lowest BCUT2D eigenvalue weighted by Gasteiger charge is -2.43. The zero-order valence-corrected chi connectivity index (χ0v) is 10.8. The van der Waals surface area contributed by atoms with E-state index in [1.54, 1.807) is 38.3 Å². The van der Waals surface area contributed by atoms with Crippen LogP contribution >= 0.6 is 0 Å². The Hall–Kier alpha value is -2.08. The first kappa shape index (κ1) is 13.4. The number of ether oxygens (including phenoxy) is 2. The molecule has 2 rings (SSSR count). The molecule has 19 heavy (non-hydrogen) atoms. The van der Waals surface area contributed by atoms with Crippen molar-refractivity contribution < 1.29 is 19.1 Å². The Morgan fingerprint density at radius 2 is 2.00 bits per heavy atom. The van der Waals surface area contributed by atoms with Crippen LogP contribution in [0.3, 0.4) is 0 Å². The summed E-state index contributed by atoms with van der Waals surface area (Å²) in [5.74, 6) is -0.0951. The van der Waals surface area contributed by atoms with Crippen molar-refractivity contribution in [3.63, 3.8) is 0 Å². The van der Waals surface area contributed by atoms with Gasteiger partial charge in [0.05, 0.1) is 13.7 Å². The van der Waals surface area contributed by atoms with Gasteiger partial charge in [-0.2, -0.15) is 0 Å². The summed E-state index contributed by atoms with van der Waals surface area (Å²) < 4.78 is 9.97. The normalized spacial score (nSPS) is 21.8. The predicted octanol–water partition coefficient (Wildman–Crippen LogP) is 0.301. The summed E-state index contributed by atoms with van der Waals surface area (Å²) in [6.45, 7) is 1.97. The van der Waals surface area contributed by atoms with Crippen LogP contribution in [0.15, 0.2) is 24.3 Å². The second-order valence-electron chi connectivity index (χ2n) is 4.13. The van der Waals surface area contributed by atoms with Gasteiger partial charge in [0.1, 0.15) is 11.8 Å². The second-order valence-corrected chi connectivity index (χ2v) is 4.13. The molecule has 2 atom stereocenters. The minimum atomic E-state index is -0.832. The van der Waals surface area contributed by atoms with Crippen LogP contribution < -0.4 is 15.4 Å². The van der Waals surface area contributed by atoms with Crippen molar-refractivity contribution in [3.8, 4) is 5.75 Å². The molecule has 0 radical (unpaired) electrons. The molecule has 1 saturated heterocycles. The van der Waals surface area contributed by atoms with Crippen molar-refractivity contribution in [1.29, 1.82) is 0 Å². The molecule has 6 heteroatoms. The Labute approximate surface area is 111 Å². The molecular formula is C13H16N2O4. The summed E-state index contributed by atoms with van der Waals surface area (Å²) in [6.07, 6.45) is 0. The maximum Gasteiger partial charge on any atom is 0.331 e. The van der Waals surface area contributed by atoms with Gasteiger partial charge in [-0.15, -0.1) is 0 Å². The molecule has 1 heterocycles. The van der Waals surface area contributed by atoms with Gasteiger partial charge in [0, 0.05) is 5.69 Å². The number of rotatable bonds is 4. The van der Waals surface area contributed by atoms with E-state index in [1.807, 2.05) is 0 Å². The third-order valence-electron chi connectivity index (χ3n) is 3.02. The summed E-state index contributed by atoms with van der Waals surface area (Å²) in [4.78, 5) is 24.9. The van der Waals surface area contributed by atoms with Crippen molar-refractivity contribution in [2.24, 2.45) is 5.73 Å². The average Bonchev–Trinajstić information content (AvgIpc) is 2.44. The van der Waals surface area contributed by atoms with E-state index in [0.717, 1.165) is 0 Å². The monoisotopic (exact) mass is 264 g/mol. The third-order valence-corrected chi connectivity index (χ3v) is 3.02. The first-order valence-corrected chi connectivity index (χ1v) is 5.99. The number of carbonyl (C=O) groups excluding carboxylic acids is 2. The molecular weight excluding hydrogens is 248 g/mol. The first-order valence-electron chi connectivity index (χ1n) is 5.99. The number of esters is 1. The number of carbonyl (C=O) groups is 2. The fraction of sp³-hybridized carbons (Fsp3) is 0.385. The average molecular weight is 264 g/mol. The van der Waals surface area contributed by atoms with E-state index in [1.165, 1.54) is 4.90 Å². The molecule has 2 unspecified atom stereocenters. The molecule has 1 aromatic carbocycles. The molecule has 102 valence electrons. The Bertz CT molecular complexity index is 486. The molecule has 0 bridgehead atoms. The van der Waals surface area contributed by atoms with E-state index in [0.29, 0.717) is 11.4 Å². The molecule has 0 aromatic heterocycles. The Kier molecular flexibility index (Phi) is 3.71. The maximum atomic E-state index is 11.8.